The largest absolute Gasteiger partial charge is 0.489 e. The molecule has 0 radical (unpaired) electrons. The third-order valence-electron chi connectivity index (χ3n) is 5.62. The minimum absolute atomic E-state index is 0.0776. The summed E-state index contributed by atoms with van der Waals surface area (Å²) in [7, 11) is 0. The Balaban J connectivity index is 1.33. The van der Waals surface area contributed by atoms with Gasteiger partial charge in [-0.3, -0.25) is 0 Å². The van der Waals surface area contributed by atoms with Gasteiger partial charge in [-0.25, -0.2) is 0 Å². The number of aromatic nitrogens is 1. The van der Waals surface area contributed by atoms with E-state index in [0.717, 1.165) is 27.8 Å². The van der Waals surface area contributed by atoms with Crippen molar-refractivity contribution in [2.24, 2.45) is 0 Å². The van der Waals surface area contributed by atoms with Crippen molar-refractivity contribution in [2.45, 2.75) is 37.1 Å². The molecule has 8 nitrogen and oxygen atoms in total. The maximum atomic E-state index is 10.4. The monoisotopic (exact) mass is 428 g/mol. The van der Waals surface area contributed by atoms with Crippen molar-refractivity contribution in [3.05, 3.63) is 65.9 Å². The van der Waals surface area contributed by atoms with Crippen LogP contribution in [0.5, 0.6) is 5.75 Å². The molecule has 8 heteroatoms. The first kappa shape index (κ1) is 21.8. The summed E-state index contributed by atoms with van der Waals surface area (Å²) in [4.78, 5) is 3.25. The van der Waals surface area contributed by atoms with E-state index in [1.807, 2.05) is 54.7 Å². The van der Waals surface area contributed by atoms with Crippen molar-refractivity contribution in [1.82, 2.24) is 10.3 Å². The summed E-state index contributed by atoms with van der Waals surface area (Å²) in [5.41, 5.74) is 3.19. The zero-order chi connectivity index (χ0) is 21.8. The number of H-pyrrole nitrogens is 1. The Morgan fingerprint density at radius 3 is 2.74 bits per heavy atom. The maximum Gasteiger partial charge on any atom is 0.207 e. The van der Waals surface area contributed by atoms with Gasteiger partial charge >= 0.3 is 0 Å². The molecule has 0 unspecified atom stereocenters. The zero-order valence-electron chi connectivity index (χ0n) is 17.1. The molecular weight excluding hydrogens is 400 g/mol. The van der Waals surface area contributed by atoms with Crippen molar-refractivity contribution in [1.29, 1.82) is 0 Å². The van der Waals surface area contributed by atoms with E-state index in [1.54, 1.807) is 0 Å². The summed E-state index contributed by atoms with van der Waals surface area (Å²) in [5, 5.41) is 43.8. The van der Waals surface area contributed by atoms with E-state index in [-0.39, 0.29) is 13.2 Å². The van der Waals surface area contributed by atoms with Gasteiger partial charge in [0.05, 0.1) is 13.2 Å². The van der Waals surface area contributed by atoms with Gasteiger partial charge in [-0.2, -0.15) is 0 Å². The van der Waals surface area contributed by atoms with Crippen LogP contribution in [0, 0.1) is 0 Å². The summed E-state index contributed by atoms with van der Waals surface area (Å²) in [6, 6.07) is 15.9. The van der Waals surface area contributed by atoms with Gasteiger partial charge in [0.2, 0.25) is 5.79 Å². The molecule has 2 aromatic carbocycles. The molecule has 3 aromatic rings. The van der Waals surface area contributed by atoms with Crippen LogP contribution in [0.25, 0.3) is 10.9 Å². The number of nitrogens with one attached hydrogen (secondary N) is 2. The molecule has 4 atom stereocenters. The van der Waals surface area contributed by atoms with E-state index in [1.165, 1.54) is 0 Å². The Bertz CT molecular complexity index is 994. The second-order valence-corrected chi connectivity index (χ2v) is 7.88. The third-order valence-corrected chi connectivity index (χ3v) is 5.62. The van der Waals surface area contributed by atoms with Gasteiger partial charge in [-0.1, -0.05) is 30.3 Å². The van der Waals surface area contributed by atoms with Gasteiger partial charge in [-0.05, 0) is 42.3 Å². The van der Waals surface area contributed by atoms with Crippen LogP contribution >= 0.6 is 0 Å². The molecule has 1 aliphatic heterocycles. The van der Waals surface area contributed by atoms with Crippen LogP contribution in [0.15, 0.2) is 54.7 Å². The van der Waals surface area contributed by atoms with E-state index in [4.69, 9.17) is 9.47 Å². The van der Waals surface area contributed by atoms with Crippen molar-refractivity contribution in [2.75, 3.05) is 19.7 Å². The first-order chi connectivity index (χ1) is 15.0. The fourth-order valence-electron chi connectivity index (χ4n) is 3.73. The number of ether oxygens (including phenoxy) is 2. The van der Waals surface area contributed by atoms with Crippen molar-refractivity contribution < 1.29 is 29.9 Å². The minimum atomic E-state index is -1.95. The van der Waals surface area contributed by atoms with E-state index < -0.39 is 24.1 Å². The van der Waals surface area contributed by atoms with Gasteiger partial charge in [0.25, 0.3) is 0 Å². The number of hydrogen-bond acceptors (Lipinski definition) is 7. The maximum absolute atomic E-state index is 10.4. The summed E-state index contributed by atoms with van der Waals surface area (Å²) < 4.78 is 11.1. The molecule has 0 amide bonds. The minimum Gasteiger partial charge on any atom is -0.489 e. The fourth-order valence-corrected chi connectivity index (χ4v) is 3.73. The van der Waals surface area contributed by atoms with E-state index >= 15 is 0 Å². The number of aromatic amines is 1. The van der Waals surface area contributed by atoms with Crippen molar-refractivity contribution in [3.63, 3.8) is 0 Å². The van der Waals surface area contributed by atoms with Crippen LogP contribution in [0.1, 0.15) is 11.1 Å². The first-order valence-electron chi connectivity index (χ1n) is 10.3. The fraction of sp³-hybridized carbons (Fsp3) is 0.391. The Kier molecular flexibility index (Phi) is 6.57. The lowest BCUT2D eigenvalue weighted by atomic mass is 9.97. The predicted molar refractivity (Wildman–Crippen MR) is 115 cm³/mol. The second-order valence-electron chi connectivity index (χ2n) is 7.88. The van der Waals surface area contributed by atoms with Crippen LogP contribution in [0.4, 0.5) is 0 Å². The highest BCUT2D eigenvalue weighted by Gasteiger charge is 2.48. The smallest absolute Gasteiger partial charge is 0.207 e. The molecular formula is C23H28N2O6. The van der Waals surface area contributed by atoms with Crippen LogP contribution in [-0.4, -0.2) is 69.2 Å². The molecule has 0 aliphatic carbocycles. The van der Waals surface area contributed by atoms with Crippen LogP contribution in [-0.2, 0) is 17.8 Å². The van der Waals surface area contributed by atoms with Crippen molar-refractivity contribution >= 4 is 10.9 Å². The number of aliphatic hydroxyl groups is 4. The van der Waals surface area contributed by atoms with Crippen LogP contribution in [0.3, 0.4) is 0 Å². The molecule has 1 saturated heterocycles. The number of aliphatic hydroxyl groups excluding tert-OH is 3. The van der Waals surface area contributed by atoms with E-state index in [0.29, 0.717) is 19.6 Å². The third kappa shape index (κ3) is 4.90. The number of benzene rings is 2. The molecule has 1 aromatic heterocycles. The molecule has 4 rings (SSSR count). The molecule has 31 heavy (non-hydrogen) atoms. The lowest BCUT2D eigenvalue weighted by Gasteiger charge is -2.41. The van der Waals surface area contributed by atoms with Gasteiger partial charge in [0.15, 0.2) is 0 Å². The van der Waals surface area contributed by atoms with Gasteiger partial charge in [-0.15, -0.1) is 0 Å². The highest BCUT2D eigenvalue weighted by atomic mass is 16.6. The molecule has 1 fully saturated rings. The Labute approximate surface area is 180 Å². The summed E-state index contributed by atoms with van der Waals surface area (Å²) in [6.45, 7) is 0.685. The Morgan fingerprint density at radius 1 is 1.13 bits per heavy atom. The van der Waals surface area contributed by atoms with Gasteiger partial charge in [0.1, 0.15) is 30.7 Å². The van der Waals surface area contributed by atoms with Gasteiger partial charge in [0, 0.05) is 17.1 Å². The second kappa shape index (κ2) is 9.35. The summed E-state index contributed by atoms with van der Waals surface area (Å²) in [6.07, 6.45) is -1.67. The Hall–Kier alpha value is -2.46. The highest BCUT2D eigenvalue weighted by molar-refractivity contribution is 5.84. The summed E-state index contributed by atoms with van der Waals surface area (Å²) >= 11 is 0. The molecule has 6 N–H and O–H groups in total. The molecule has 0 saturated carbocycles. The summed E-state index contributed by atoms with van der Waals surface area (Å²) in [5.74, 6) is -1.16. The number of fused-ring (bicyclic) bond motifs is 1. The average Bonchev–Trinajstić information content (AvgIpc) is 3.20. The van der Waals surface area contributed by atoms with Crippen molar-refractivity contribution in [3.8, 4) is 5.75 Å². The molecule has 2 heterocycles. The molecule has 0 bridgehead atoms. The SMILES string of the molecule is O[C@@H]1[C@H](O)CO[C@](O)(CNCCc2c[nH]c3ccc(OCc4ccccc4)cc23)[C@H]1O. The molecule has 0 spiro atoms. The van der Waals surface area contributed by atoms with E-state index in [9.17, 15) is 20.4 Å². The lowest BCUT2D eigenvalue weighted by Crippen LogP contribution is -2.64. The highest BCUT2D eigenvalue weighted by Crippen LogP contribution is 2.25. The number of rotatable bonds is 8. The zero-order valence-corrected chi connectivity index (χ0v) is 17.1. The average molecular weight is 428 g/mol. The normalized spacial score (nSPS) is 26.3. The predicted octanol–water partition coefficient (Wildman–Crippen LogP) is 0.680. The van der Waals surface area contributed by atoms with Gasteiger partial charge < -0.3 is 40.2 Å². The van der Waals surface area contributed by atoms with Crippen LogP contribution in [0.2, 0.25) is 0 Å². The molecule has 1 aliphatic rings. The van der Waals surface area contributed by atoms with E-state index in [2.05, 4.69) is 10.3 Å². The topological polar surface area (TPSA) is 127 Å². The van der Waals surface area contributed by atoms with Crippen LogP contribution < -0.4 is 10.1 Å². The first-order valence-corrected chi connectivity index (χ1v) is 10.3. The quantitative estimate of drug-likeness (QED) is 0.291. The standard InChI is InChI=1S/C23H28N2O6/c26-20-13-31-23(29,22(28)21(20)27)14-24-9-8-16-11-25-19-7-6-17(10-18(16)19)30-12-15-4-2-1-3-5-15/h1-7,10-11,20-22,24-29H,8-9,12-14H2/t20-,21-,22+,23-/m1/s1. The molecule has 166 valence electrons. The number of hydrogen-bond donors (Lipinski definition) is 6. The Morgan fingerprint density at radius 2 is 1.94 bits per heavy atom. The lowest BCUT2D eigenvalue weighted by molar-refractivity contribution is -0.317.